The van der Waals surface area contributed by atoms with Crippen molar-refractivity contribution in [2.75, 3.05) is 6.26 Å². The first-order chi connectivity index (χ1) is 12.9. The first-order valence-electron chi connectivity index (χ1n) is 7.57. The molecule has 0 aliphatic heterocycles. The van der Waals surface area contributed by atoms with Crippen LogP contribution >= 0.6 is 58.2 Å². The Kier molecular flexibility index (Phi) is 6.55. The largest absolute Gasteiger partial charge is 0.345 e. The van der Waals surface area contributed by atoms with Gasteiger partial charge in [-0.2, -0.15) is 0 Å². The van der Waals surface area contributed by atoms with Gasteiger partial charge in [-0.15, -0.1) is 10.2 Å². The zero-order chi connectivity index (χ0) is 19.6. The smallest absolute Gasteiger partial charge is 0.253 e. The Morgan fingerprint density at radius 3 is 2.48 bits per heavy atom. The summed E-state index contributed by atoms with van der Waals surface area (Å²) >= 11 is 25.5. The molecule has 3 aromatic rings. The molecule has 2 aromatic carbocycles. The van der Waals surface area contributed by atoms with E-state index in [-0.39, 0.29) is 17.5 Å². The molecule has 5 nitrogen and oxygen atoms in total. The maximum Gasteiger partial charge on any atom is 0.253 e. The van der Waals surface area contributed by atoms with E-state index in [0.29, 0.717) is 31.6 Å². The van der Waals surface area contributed by atoms with E-state index < -0.39 is 0 Å². The second kappa shape index (κ2) is 8.71. The molecule has 0 saturated heterocycles. The van der Waals surface area contributed by atoms with Crippen molar-refractivity contribution in [3.8, 4) is 5.69 Å². The third-order valence-corrected chi connectivity index (χ3v) is 5.54. The van der Waals surface area contributed by atoms with E-state index in [1.807, 2.05) is 6.26 Å². The summed E-state index contributed by atoms with van der Waals surface area (Å²) in [5, 5.41) is 13.4. The summed E-state index contributed by atoms with van der Waals surface area (Å²) in [6.45, 7) is 0.144. The van der Waals surface area contributed by atoms with Crippen molar-refractivity contribution in [1.29, 1.82) is 0 Å². The van der Waals surface area contributed by atoms with E-state index in [9.17, 15) is 4.79 Å². The summed E-state index contributed by atoms with van der Waals surface area (Å²) < 4.78 is 1.80. The minimum absolute atomic E-state index is 0.144. The third-order valence-electron chi connectivity index (χ3n) is 3.63. The first kappa shape index (κ1) is 20.3. The summed E-state index contributed by atoms with van der Waals surface area (Å²) in [6.07, 6.45) is 1.88. The van der Waals surface area contributed by atoms with Gasteiger partial charge in [-0.05, 0) is 42.7 Å². The lowest BCUT2D eigenvalue weighted by atomic mass is 10.2. The van der Waals surface area contributed by atoms with Crippen LogP contribution in [0, 0.1) is 0 Å². The molecule has 1 amide bonds. The molecule has 0 radical (unpaired) electrons. The van der Waals surface area contributed by atoms with Crippen LogP contribution in [0.25, 0.3) is 5.69 Å². The maximum absolute atomic E-state index is 12.4. The van der Waals surface area contributed by atoms with Crippen molar-refractivity contribution in [1.82, 2.24) is 20.1 Å². The number of aromatic nitrogens is 3. The Morgan fingerprint density at radius 2 is 1.81 bits per heavy atom. The van der Waals surface area contributed by atoms with Gasteiger partial charge in [0.15, 0.2) is 11.0 Å². The second-order valence-corrected chi connectivity index (χ2v) is 7.78. The van der Waals surface area contributed by atoms with Gasteiger partial charge in [0, 0.05) is 5.02 Å². The van der Waals surface area contributed by atoms with Gasteiger partial charge >= 0.3 is 0 Å². The second-order valence-electron chi connectivity index (χ2n) is 5.34. The number of benzene rings is 2. The summed E-state index contributed by atoms with van der Waals surface area (Å²) in [4.78, 5) is 12.4. The van der Waals surface area contributed by atoms with Crippen LogP contribution < -0.4 is 5.32 Å². The molecular formula is C17H12Cl4N4OS. The Labute approximate surface area is 180 Å². The molecule has 0 atom stereocenters. The highest BCUT2D eigenvalue weighted by Gasteiger charge is 2.16. The summed E-state index contributed by atoms with van der Waals surface area (Å²) in [6, 6.07) is 9.90. The van der Waals surface area contributed by atoms with E-state index in [4.69, 9.17) is 46.4 Å². The van der Waals surface area contributed by atoms with E-state index in [1.165, 1.54) is 17.8 Å². The van der Waals surface area contributed by atoms with Crippen LogP contribution in [0.15, 0.2) is 41.6 Å². The fourth-order valence-corrected chi connectivity index (χ4v) is 3.66. The van der Waals surface area contributed by atoms with E-state index in [1.54, 1.807) is 34.9 Å². The molecule has 0 fully saturated rings. The number of rotatable bonds is 5. The summed E-state index contributed by atoms with van der Waals surface area (Å²) in [5.41, 5.74) is 1.07. The minimum Gasteiger partial charge on any atom is -0.345 e. The van der Waals surface area contributed by atoms with E-state index >= 15 is 0 Å². The number of carbonyl (C=O) groups is 1. The number of nitrogens with zero attached hydrogens (tertiary/aromatic N) is 3. The van der Waals surface area contributed by atoms with Crippen molar-refractivity contribution >= 4 is 64.1 Å². The van der Waals surface area contributed by atoms with Gasteiger partial charge in [0.25, 0.3) is 5.91 Å². The molecule has 140 valence electrons. The topological polar surface area (TPSA) is 59.8 Å². The molecule has 0 saturated carbocycles. The van der Waals surface area contributed by atoms with Crippen LogP contribution in [-0.4, -0.2) is 26.9 Å². The molecule has 0 unspecified atom stereocenters. The number of thioether (sulfide) groups is 1. The van der Waals surface area contributed by atoms with Crippen LogP contribution in [0.3, 0.4) is 0 Å². The Hall–Kier alpha value is -1.44. The zero-order valence-corrected chi connectivity index (χ0v) is 17.7. The van der Waals surface area contributed by atoms with Gasteiger partial charge in [-0.1, -0.05) is 58.2 Å². The molecule has 0 aliphatic rings. The first-order valence-corrected chi connectivity index (χ1v) is 10.3. The molecule has 0 aliphatic carbocycles. The molecule has 27 heavy (non-hydrogen) atoms. The van der Waals surface area contributed by atoms with Crippen molar-refractivity contribution in [3.63, 3.8) is 0 Å². The molecule has 10 heteroatoms. The molecule has 0 spiro atoms. The fourth-order valence-electron chi connectivity index (χ4n) is 2.36. The standard InChI is InChI=1S/C17H12Cl4N4OS/c1-27-17-24-23-15(25(17)10-3-5-12(19)14(21)7-10)8-22-16(26)11-4-2-9(18)6-13(11)20/h2-7H,8H2,1H3,(H,22,26). The van der Waals surface area contributed by atoms with Crippen LogP contribution in [0.1, 0.15) is 16.2 Å². The Bertz CT molecular complexity index is 1010. The van der Waals surface area contributed by atoms with Crippen LogP contribution in [0.2, 0.25) is 20.1 Å². The minimum atomic E-state index is -0.342. The molecule has 1 aromatic heterocycles. The number of hydrogen-bond donors (Lipinski definition) is 1. The van der Waals surface area contributed by atoms with Gasteiger partial charge in [-0.3, -0.25) is 9.36 Å². The highest BCUT2D eigenvalue weighted by Crippen LogP contribution is 2.27. The summed E-state index contributed by atoms with van der Waals surface area (Å²) in [7, 11) is 0. The molecule has 3 rings (SSSR count). The predicted molar refractivity (Wildman–Crippen MR) is 111 cm³/mol. The van der Waals surface area contributed by atoms with Crippen LogP contribution in [-0.2, 0) is 6.54 Å². The van der Waals surface area contributed by atoms with Gasteiger partial charge < -0.3 is 5.32 Å². The van der Waals surface area contributed by atoms with Gasteiger partial charge in [-0.25, -0.2) is 0 Å². The summed E-state index contributed by atoms with van der Waals surface area (Å²) in [5.74, 6) is 0.197. The Balaban J connectivity index is 1.86. The molecular weight excluding hydrogens is 450 g/mol. The van der Waals surface area contributed by atoms with Crippen LogP contribution in [0.5, 0.6) is 0 Å². The highest BCUT2D eigenvalue weighted by atomic mass is 35.5. The number of halogens is 4. The maximum atomic E-state index is 12.4. The fraction of sp³-hybridized carbons (Fsp3) is 0.118. The monoisotopic (exact) mass is 460 g/mol. The van der Waals surface area contributed by atoms with Crippen molar-refractivity contribution < 1.29 is 4.79 Å². The van der Waals surface area contributed by atoms with Crippen molar-refractivity contribution in [3.05, 3.63) is 67.9 Å². The molecule has 0 bridgehead atoms. The lowest BCUT2D eigenvalue weighted by molar-refractivity contribution is 0.0950. The number of amides is 1. The average molecular weight is 462 g/mol. The van der Waals surface area contributed by atoms with Crippen LogP contribution in [0.4, 0.5) is 0 Å². The number of nitrogens with one attached hydrogen (secondary N) is 1. The third kappa shape index (κ3) is 4.52. The Morgan fingerprint density at radius 1 is 1.04 bits per heavy atom. The van der Waals surface area contributed by atoms with Crippen molar-refractivity contribution in [2.24, 2.45) is 0 Å². The number of hydrogen-bond acceptors (Lipinski definition) is 4. The van der Waals surface area contributed by atoms with Gasteiger partial charge in [0.05, 0.1) is 32.9 Å². The normalized spacial score (nSPS) is 10.9. The highest BCUT2D eigenvalue weighted by molar-refractivity contribution is 7.98. The lowest BCUT2D eigenvalue weighted by Gasteiger charge is -2.11. The zero-order valence-electron chi connectivity index (χ0n) is 13.8. The SMILES string of the molecule is CSc1nnc(CNC(=O)c2ccc(Cl)cc2Cl)n1-c1ccc(Cl)c(Cl)c1. The predicted octanol–water partition coefficient (Wildman–Crippen LogP) is 5.53. The van der Waals surface area contributed by atoms with Gasteiger partial charge in [0.2, 0.25) is 0 Å². The quantitative estimate of drug-likeness (QED) is 0.507. The average Bonchev–Trinajstić information content (AvgIpc) is 3.05. The van der Waals surface area contributed by atoms with Gasteiger partial charge in [0.1, 0.15) is 0 Å². The molecule has 1 heterocycles. The lowest BCUT2D eigenvalue weighted by Crippen LogP contribution is -2.25. The number of carbonyl (C=O) groups excluding carboxylic acids is 1. The van der Waals surface area contributed by atoms with Crippen molar-refractivity contribution in [2.45, 2.75) is 11.7 Å². The molecule has 1 N–H and O–H groups in total. The van der Waals surface area contributed by atoms with E-state index in [2.05, 4.69) is 15.5 Å². The van der Waals surface area contributed by atoms with E-state index in [0.717, 1.165) is 5.69 Å².